The molecular weight excluding hydrogens is 210 g/mol. The molecule has 0 radical (unpaired) electrons. The first-order valence-corrected chi connectivity index (χ1v) is 6.34. The molecule has 0 amide bonds. The molecule has 3 unspecified atom stereocenters. The van der Waals surface area contributed by atoms with Gasteiger partial charge in [-0.3, -0.25) is 4.90 Å². The lowest BCUT2D eigenvalue weighted by molar-refractivity contribution is 0.0344. The van der Waals surface area contributed by atoms with Crippen LogP contribution >= 0.6 is 0 Å². The highest BCUT2D eigenvalue weighted by Crippen LogP contribution is 2.18. The van der Waals surface area contributed by atoms with Crippen molar-refractivity contribution in [3.8, 4) is 0 Å². The lowest BCUT2D eigenvalue weighted by atomic mass is 9.95. The van der Waals surface area contributed by atoms with Crippen LogP contribution in [0, 0.1) is 5.92 Å². The lowest BCUT2D eigenvalue weighted by Crippen LogP contribution is -2.59. The Labute approximate surface area is 97.4 Å². The highest BCUT2D eigenvalue weighted by Gasteiger charge is 2.30. The Morgan fingerprint density at radius 1 is 1.38 bits per heavy atom. The summed E-state index contributed by atoms with van der Waals surface area (Å²) in [5, 5.41) is 3.49. The van der Waals surface area contributed by atoms with E-state index in [1.165, 1.54) is 0 Å². The fourth-order valence-corrected chi connectivity index (χ4v) is 2.35. The average molecular weight is 234 g/mol. The predicted molar refractivity (Wildman–Crippen MR) is 62.9 cm³/mol. The fourth-order valence-electron chi connectivity index (χ4n) is 2.35. The van der Waals surface area contributed by atoms with Crippen LogP contribution in [0.5, 0.6) is 0 Å². The minimum Gasteiger partial charge on any atom is -0.311 e. The van der Waals surface area contributed by atoms with Crippen LogP contribution in [0.2, 0.25) is 0 Å². The number of hydrogen-bond acceptors (Lipinski definition) is 2. The molecule has 16 heavy (non-hydrogen) atoms. The van der Waals surface area contributed by atoms with E-state index >= 15 is 0 Å². The Bertz CT molecular complexity index is 199. The standard InChI is InChI=1S/C12H24F2N2/c1-4-9(3)11-7-16(8-12(13)14)10(5-2)6-15-11/h9-12,15H,4-8H2,1-3H3. The molecule has 0 spiro atoms. The second kappa shape index (κ2) is 6.50. The molecular formula is C12H24F2N2. The van der Waals surface area contributed by atoms with E-state index in [1.54, 1.807) is 0 Å². The zero-order chi connectivity index (χ0) is 12.1. The maximum absolute atomic E-state index is 12.5. The summed E-state index contributed by atoms with van der Waals surface area (Å²) in [6.45, 7) is 7.93. The summed E-state index contributed by atoms with van der Waals surface area (Å²) in [6.07, 6.45) is -0.186. The van der Waals surface area contributed by atoms with E-state index in [-0.39, 0.29) is 12.6 Å². The normalized spacial score (nSPS) is 29.6. The molecule has 96 valence electrons. The highest BCUT2D eigenvalue weighted by atomic mass is 19.3. The van der Waals surface area contributed by atoms with Crippen molar-refractivity contribution in [1.82, 2.24) is 10.2 Å². The van der Waals surface area contributed by atoms with Crippen molar-refractivity contribution in [2.24, 2.45) is 5.92 Å². The van der Waals surface area contributed by atoms with Crippen molar-refractivity contribution >= 4 is 0 Å². The van der Waals surface area contributed by atoms with E-state index in [0.29, 0.717) is 12.0 Å². The maximum atomic E-state index is 12.5. The molecule has 0 aromatic rings. The molecule has 2 nitrogen and oxygen atoms in total. The SMILES string of the molecule is CCC(C)C1CN(CC(F)F)C(CC)CN1. The van der Waals surface area contributed by atoms with Gasteiger partial charge in [0.1, 0.15) is 0 Å². The summed E-state index contributed by atoms with van der Waals surface area (Å²) in [5.74, 6) is 0.554. The molecule has 1 fully saturated rings. The van der Waals surface area contributed by atoms with Crippen LogP contribution in [0.3, 0.4) is 0 Å². The van der Waals surface area contributed by atoms with Crippen molar-refractivity contribution in [3.63, 3.8) is 0 Å². The molecule has 3 atom stereocenters. The van der Waals surface area contributed by atoms with Crippen LogP contribution in [0.4, 0.5) is 8.78 Å². The average Bonchev–Trinajstić information content (AvgIpc) is 2.27. The molecule has 1 heterocycles. The van der Waals surface area contributed by atoms with Crippen LogP contribution in [0.15, 0.2) is 0 Å². The van der Waals surface area contributed by atoms with Gasteiger partial charge < -0.3 is 5.32 Å². The van der Waals surface area contributed by atoms with Crippen molar-refractivity contribution in [2.75, 3.05) is 19.6 Å². The largest absolute Gasteiger partial charge is 0.311 e. The summed E-state index contributed by atoms with van der Waals surface area (Å²) in [4.78, 5) is 1.96. The molecule has 1 N–H and O–H groups in total. The molecule has 1 rings (SSSR count). The quantitative estimate of drug-likeness (QED) is 0.785. The second-order valence-corrected chi connectivity index (χ2v) is 4.81. The third-order valence-corrected chi connectivity index (χ3v) is 3.74. The minimum absolute atomic E-state index is 0.0763. The van der Waals surface area contributed by atoms with Crippen molar-refractivity contribution < 1.29 is 8.78 Å². The van der Waals surface area contributed by atoms with E-state index in [1.807, 2.05) is 4.90 Å². The van der Waals surface area contributed by atoms with E-state index in [0.717, 1.165) is 25.9 Å². The number of rotatable bonds is 5. The van der Waals surface area contributed by atoms with E-state index < -0.39 is 6.43 Å². The van der Waals surface area contributed by atoms with E-state index in [4.69, 9.17) is 0 Å². The number of alkyl halides is 2. The first-order valence-electron chi connectivity index (χ1n) is 6.34. The number of halogens is 2. The Morgan fingerprint density at radius 3 is 2.56 bits per heavy atom. The summed E-state index contributed by atoms with van der Waals surface area (Å²) in [6, 6.07) is 0.640. The Kier molecular flexibility index (Phi) is 5.62. The minimum atomic E-state index is -2.22. The lowest BCUT2D eigenvalue weighted by Gasteiger charge is -2.42. The third kappa shape index (κ3) is 3.67. The molecule has 1 aliphatic rings. The Morgan fingerprint density at radius 2 is 2.06 bits per heavy atom. The van der Waals surface area contributed by atoms with E-state index in [9.17, 15) is 8.78 Å². The Hall–Kier alpha value is -0.220. The summed E-state index contributed by atoms with van der Waals surface area (Å²) in [7, 11) is 0. The first-order chi connectivity index (χ1) is 7.58. The van der Waals surface area contributed by atoms with Crippen LogP contribution < -0.4 is 5.32 Å². The van der Waals surface area contributed by atoms with Gasteiger partial charge in [0.25, 0.3) is 6.43 Å². The van der Waals surface area contributed by atoms with Gasteiger partial charge >= 0.3 is 0 Å². The fraction of sp³-hybridized carbons (Fsp3) is 1.00. The molecule has 0 aromatic heterocycles. The summed E-state index contributed by atoms with van der Waals surface area (Å²) >= 11 is 0. The van der Waals surface area contributed by atoms with Crippen LogP contribution in [-0.4, -0.2) is 43.0 Å². The van der Waals surface area contributed by atoms with Crippen LogP contribution in [0.25, 0.3) is 0 Å². The Balaban J connectivity index is 2.54. The van der Waals surface area contributed by atoms with Gasteiger partial charge in [-0.05, 0) is 12.3 Å². The van der Waals surface area contributed by atoms with Crippen molar-refractivity contribution in [1.29, 1.82) is 0 Å². The molecule has 0 aliphatic carbocycles. The van der Waals surface area contributed by atoms with Crippen molar-refractivity contribution in [2.45, 2.75) is 52.1 Å². The number of piperazine rings is 1. The second-order valence-electron chi connectivity index (χ2n) is 4.81. The van der Waals surface area contributed by atoms with Gasteiger partial charge in [-0.2, -0.15) is 0 Å². The smallest absolute Gasteiger partial charge is 0.251 e. The summed E-state index contributed by atoms with van der Waals surface area (Å²) < 4.78 is 25.0. The number of nitrogens with one attached hydrogen (secondary N) is 1. The predicted octanol–water partition coefficient (Wildman–Crippen LogP) is 2.35. The molecule has 0 bridgehead atoms. The monoisotopic (exact) mass is 234 g/mol. The zero-order valence-electron chi connectivity index (χ0n) is 10.5. The van der Waals surface area contributed by atoms with Gasteiger partial charge in [0, 0.05) is 25.2 Å². The van der Waals surface area contributed by atoms with Crippen molar-refractivity contribution in [3.05, 3.63) is 0 Å². The summed E-state index contributed by atoms with van der Waals surface area (Å²) in [5.41, 5.74) is 0. The van der Waals surface area contributed by atoms with Gasteiger partial charge in [0.2, 0.25) is 0 Å². The third-order valence-electron chi connectivity index (χ3n) is 3.74. The highest BCUT2D eigenvalue weighted by molar-refractivity contribution is 4.87. The van der Waals surface area contributed by atoms with Gasteiger partial charge in [-0.25, -0.2) is 8.78 Å². The molecule has 4 heteroatoms. The van der Waals surface area contributed by atoms with Crippen LogP contribution in [0.1, 0.15) is 33.6 Å². The molecule has 1 saturated heterocycles. The molecule has 0 saturated carbocycles. The number of hydrogen-bond donors (Lipinski definition) is 1. The van der Waals surface area contributed by atoms with Crippen LogP contribution in [-0.2, 0) is 0 Å². The molecule has 1 aliphatic heterocycles. The number of nitrogens with zero attached hydrogens (tertiary/aromatic N) is 1. The first kappa shape index (κ1) is 13.8. The topological polar surface area (TPSA) is 15.3 Å². The van der Waals surface area contributed by atoms with Gasteiger partial charge in [0.15, 0.2) is 0 Å². The van der Waals surface area contributed by atoms with Gasteiger partial charge in [-0.15, -0.1) is 0 Å². The van der Waals surface area contributed by atoms with Gasteiger partial charge in [-0.1, -0.05) is 27.2 Å². The molecule has 0 aromatic carbocycles. The maximum Gasteiger partial charge on any atom is 0.251 e. The van der Waals surface area contributed by atoms with Gasteiger partial charge in [0.05, 0.1) is 6.54 Å². The van der Waals surface area contributed by atoms with E-state index in [2.05, 4.69) is 26.1 Å². The zero-order valence-corrected chi connectivity index (χ0v) is 10.5.